The van der Waals surface area contributed by atoms with Crippen LogP contribution in [0.4, 0.5) is 5.69 Å². The van der Waals surface area contributed by atoms with Crippen molar-refractivity contribution in [1.29, 1.82) is 0 Å². The molecule has 2 aromatic rings. The van der Waals surface area contributed by atoms with Crippen LogP contribution in [-0.2, 0) is 33.5 Å². The van der Waals surface area contributed by atoms with Crippen molar-refractivity contribution in [3.8, 4) is 0 Å². The first kappa shape index (κ1) is 15.0. The lowest BCUT2D eigenvalue weighted by Crippen LogP contribution is -2.29. The van der Waals surface area contributed by atoms with Crippen molar-refractivity contribution in [2.75, 3.05) is 10.8 Å². The number of aromatic nitrogens is 2. The number of nitrogens with two attached hydrogens (primary N) is 1. The maximum atomic E-state index is 12.7. The van der Waals surface area contributed by atoms with Gasteiger partial charge in [0.15, 0.2) is 0 Å². The van der Waals surface area contributed by atoms with Crippen molar-refractivity contribution in [3.05, 3.63) is 36.2 Å². The van der Waals surface area contributed by atoms with Crippen molar-refractivity contribution in [2.24, 2.45) is 12.2 Å². The van der Waals surface area contributed by atoms with Crippen LogP contribution in [0.15, 0.2) is 40.4 Å². The molecule has 0 spiro atoms. The summed E-state index contributed by atoms with van der Waals surface area (Å²) < 4.78 is 50.8. The number of primary sulfonamides is 1. The summed E-state index contributed by atoms with van der Waals surface area (Å²) in [5, 5.41) is 8.97. The molecule has 0 radical (unpaired) electrons. The summed E-state index contributed by atoms with van der Waals surface area (Å²) in [6, 6.07) is 4.27. The molecule has 10 heteroatoms. The summed E-state index contributed by atoms with van der Waals surface area (Å²) >= 11 is 0. The van der Waals surface area contributed by atoms with Crippen LogP contribution in [0.2, 0.25) is 0 Å². The van der Waals surface area contributed by atoms with Crippen molar-refractivity contribution in [1.82, 2.24) is 9.78 Å². The lowest BCUT2D eigenvalue weighted by atomic mass is 10.2. The monoisotopic (exact) mass is 342 g/mol. The molecule has 0 saturated carbocycles. The maximum absolute atomic E-state index is 12.7. The molecule has 1 aliphatic heterocycles. The first-order chi connectivity index (χ1) is 10.2. The highest BCUT2D eigenvalue weighted by atomic mass is 32.2. The zero-order valence-electron chi connectivity index (χ0n) is 11.7. The number of hydrogen-bond donors (Lipinski definition) is 1. The van der Waals surface area contributed by atoms with Crippen LogP contribution in [0, 0.1) is 0 Å². The number of hydrogen-bond acceptors (Lipinski definition) is 5. The zero-order chi connectivity index (χ0) is 16.1. The Balaban J connectivity index is 2.11. The van der Waals surface area contributed by atoms with E-state index in [1.165, 1.54) is 33.5 Å². The van der Waals surface area contributed by atoms with Gasteiger partial charge in [0.05, 0.1) is 16.8 Å². The average Bonchev–Trinajstić information content (AvgIpc) is 3.03. The molecule has 2 N–H and O–H groups in total. The van der Waals surface area contributed by atoms with E-state index in [0.29, 0.717) is 12.1 Å². The van der Waals surface area contributed by atoms with Crippen LogP contribution in [-0.4, -0.2) is 33.2 Å². The van der Waals surface area contributed by atoms with E-state index < -0.39 is 20.0 Å². The van der Waals surface area contributed by atoms with Crippen molar-refractivity contribution in [3.63, 3.8) is 0 Å². The van der Waals surface area contributed by atoms with E-state index in [1.807, 2.05) is 0 Å². The second-order valence-electron chi connectivity index (χ2n) is 5.01. The van der Waals surface area contributed by atoms with E-state index >= 15 is 0 Å². The van der Waals surface area contributed by atoms with Crippen LogP contribution in [0.1, 0.15) is 5.56 Å². The normalized spacial score (nSPS) is 15.1. The smallest absolute Gasteiger partial charge is 0.267 e. The molecule has 0 aliphatic carbocycles. The minimum atomic E-state index is -3.89. The molecule has 0 bridgehead atoms. The topological polar surface area (TPSA) is 115 Å². The Morgan fingerprint density at radius 1 is 1.18 bits per heavy atom. The highest BCUT2D eigenvalue weighted by Crippen LogP contribution is 2.34. The van der Waals surface area contributed by atoms with Gasteiger partial charge in [-0.3, -0.25) is 8.99 Å². The van der Waals surface area contributed by atoms with Crippen LogP contribution in [0.3, 0.4) is 0 Å². The van der Waals surface area contributed by atoms with Gasteiger partial charge in [-0.25, -0.2) is 22.0 Å². The molecule has 0 unspecified atom stereocenters. The lowest BCUT2D eigenvalue weighted by Gasteiger charge is -2.18. The zero-order valence-corrected chi connectivity index (χ0v) is 13.3. The summed E-state index contributed by atoms with van der Waals surface area (Å²) in [4.78, 5) is -0.0524. The average molecular weight is 342 g/mol. The quantitative estimate of drug-likeness (QED) is 0.831. The summed E-state index contributed by atoms with van der Waals surface area (Å²) in [5.74, 6) is 0. The predicted molar refractivity (Wildman–Crippen MR) is 79.3 cm³/mol. The fourth-order valence-electron chi connectivity index (χ4n) is 2.42. The van der Waals surface area contributed by atoms with Gasteiger partial charge in [0.1, 0.15) is 4.90 Å². The second-order valence-corrected chi connectivity index (χ2v) is 8.44. The van der Waals surface area contributed by atoms with Crippen molar-refractivity contribution >= 4 is 25.7 Å². The molecule has 3 rings (SSSR count). The number of fused-ring (bicyclic) bond motifs is 1. The molecule has 0 atom stereocenters. The van der Waals surface area contributed by atoms with Crippen molar-refractivity contribution < 1.29 is 16.8 Å². The molecule has 1 aliphatic rings. The fourth-order valence-corrected chi connectivity index (χ4v) is 4.43. The molecule has 1 aromatic heterocycles. The van der Waals surface area contributed by atoms with Gasteiger partial charge in [0, 0.05) is 19.8 Å². The summed E-state index contributed by atoms with van der Waals surface area (Å²) in [6.45, 7) is 0.251. The Bertz CT molecular complexity index is 947. The molecule has 8 nitrogen and oxygen atoms in total. The third kappa shape index (κ3) is 2.38. The third-order valence-electron chi connectivity index (χ3n) is 3.51. The van der Waals surface area contributed by atoms with E-state index in [4.69, 9.17) is 5.14 Å². The van der Waals surface area contributed by atoms with Crippen molar-refractivity contribution in [2.45, 2.75) is 16.2 Å². The Labute approximate surface area is 128 Å². The number of aryl methyl sites for hydroxylation is 1. The fraction of sp³-hybridized carbons (Fsp3) is 0.250. The molecule has 0 saturated heterocycles. The number of benzene rings is 1. The Kier molecular flexibility index (Phi) is 3.27. The number of anilines is 1. The first-order valence-electron chi connectivity index (χ1n) is 6.37. The molecule has 22 heavy (non-hydrogen) atoms. The summed E-state index contributed by atoms with van der Waals surface area (Å²) in [5.41, 5.74) is 1.11. The number of rotatable bonds is 3. The van der Waals surface area contributed by atoms with Gasteiger partial charge in [0.25, 0.3) is 10.0 Å². The van der Waals surface area contributed by atoms with E-state index in [0.717, 1.165) is 5.56 Å². The van der Waals surface area contributed by atoms with E-state index in [-0.39, 0.29) is 16.3 Å². The second kappa shape index (κ2) is 4.80. The molecule has 2 heterocycles. The molecule has 1 aromatic carbocycles. The Morgan fingerprint density at radius 3 is 2.50 bits per heavy atom. The molecule has 118 valence electrons. The van der Waals surface area contributed by atoms with E-state index in [9.17, 15) is 16.8 Å². The predicted octanol–water partition coefficient (Wildman–Crippen LogP) is -0.181. The van der Waals surface area contributed by atoms with Gasteiger partial charge in [-0.15, -0.1) is 0 Å². The third-order valence-corrected chi connectivity index (χ3v) is 6.18. The minimum Gasteiger partial charge on any atom is -0.274 e. The van der Waals surface area contributed by atoms with Crippen LogP contribution in [0.5, 0.6) is 0 Å². The van der Waals surface area contributed by atoms with Gasteiger partial charge in [-0.1, -0.05) is 6.07 Å². The van der Waals surface area contributed by atoms with E-state index in [1.54, 1.807) is 13.1 Å². The van der Waals surface area contributed by atoms with Gasteiger partial charge < -0.3 is 0 Å². The molecular weight excluding hydrogens is 328 g/mol. The minimum absolute atomic E-state index is 0.0591. The van der Waals surface area contributed by atoms with E-state index in [2.05, 4.69) is 5.10 Å². The lowest BCUT2D eigenvalue weighted by molar-refractivity contribution is 0.591. The highest BCUT2D eigenvalue weighted by Gasteiger charge is 2.32. The van der Waals surface area contributed by atoms with Crippen LogP contribution in [0.25, 0.3) is 0 Å². The summed E-state index contributed by atoms with van der Waals surface area (Å²) in [7, 11) is -6.05. The SMILES string of the molecule is Cn1cc(S(=O)(=O)N2CCc3ccc(S(N)(=O)=O)cc32)cn1. The molecular formula is C12H14N4O4S2. The van der Waals surface area contributed by atoms with Crippen LogP contribution < -0.4 is 9.44 Å². The Morgan fingerprint density at radius 2 is 1.91 bits per heavy atom. The molecule has 0 amide bonds. The van der Waals surface area contributed by atoms with Gasteiger partial charge in [0.2, 0.25) is 10.0 Å². The first-order valence-corrected chi connectivity index (χ1v) is 9.35. The molecule has 0 fully saturated rings. The van der Waals surface area contributed by atoms with Gasteiger partial charge in [-0.05, 0) is 24.1 Å². The number of sulfonamides is 2. The maximum Gasteiger partial charge on any atom is 0.267 e. The summed E-state index contributed by atoms with van der Waals surface area (Å²) in [6.07, 6.45) is 3.17. The van der Waals surface area contributed by atoms with Crippen LogP contribution >= 0.6 is 0 Å². The van der Waals surface area contributed by atoms with Gasteiger partial charge >= 0.3 is 0 Å². The largest absolute Gasteiger partial charge is 0.274 e. The Hall–Kier alpha value is -1.91. The van der Waals surface area contributed by atoms with Gasteiger partial charge in [-0.2, -0.15) is 5.10 Å². The standard InChI is InChI=1S/C12H14N4O4S2/c1-15-8-11(7-14-15)22(19,20)16-5-4-9-2-3-10(6-12(9)16)21(13,17)18/h2-3,6-8H,4-5H2,1H3,(H2,13,17,18). The highest BCUT2D eigenvalue weighted by molar-refractivity contribution is 7.92. The number of nitrogens with zero attached hydrogens (tertiary/aromatic N) is 3.